The van der Waals surface area contributed by atoms with Gasteiger partial charge in [0.15, 0.2) is 0 Å². The number of aryl methyl sites for hydroxylation is 1. The molecule has 0 spiro atoms. The van der Waals surface area contributed by atoms with Gasteiger partial charge in [0.1, 0.15) is 5.82 Å². The van der Waals surface area contributed by atoms with Crippen molar-refractivity contribution in [3.63, 3.8) is 0 Å². The van der Waals surface area contributed by atoms with Gasteiger partial charge in [0.25, 0.3) is 0 Å². The van der Waals surface area contributed by atoms with Gasteiger partial charge < -0.3 is 4.57 Å². The average Bonchev–Trinajstić information content (AvgIpc) is 2.88. The van der Waals surface area contributed by atoms with Gasteiger partial charge in [-0.15, -0.1) is 0 Å². The third-order valence-electron chi connectivity index (χ3n) is 4.35. The van der Waals surface area contributed by atoms with Crippen molar-refractivity contribution in [3.05, 3.63) is 94.6 Å². The molecule has 0 bridgehead atoms. The maximum absolute atomic E-state index is 13.5. The van der Waals surface area contributed by atoms with Crippen LogP contribution >= 0.6 is 0 Å². The highest BCUT2D eigenvalue weighted by Crippen LogP contribution is 2.23. The van der Waals surface area contributed by atoms with E-state index in [2.05, 4.69) is 35.8 Å². The Bertz CT molecular complexity index is 959. The summed E-state index contributed by atoms with van der Waals surface area (Å²) in [6.07, 6.45) is 1.83. The van der Waals surface area contributed by atoms with Crippen LogP contribution in [0, 0.1) is 31.0 Å². The fourth-order valence-electron chi connectivity index (χ4n) is 2.97. The highest BCUT2D eigenvalue weighted by molar-refractivity contribution is 5.90. The van der Waals surface area contributed by atoms with Gasteiger partial charge >= 0.3 is 0 Å². The van der Waals surface area contributed by atoms with E-state index in [1.165, 1.54) is 17.7 Å². The van der Waals surface area contributed by atoms with E-state index in [1.807, 2.05) is 31.2 Å². The van der Waals surface area contributed by atoms with E-state index in [4.69, 9.17) is 0 Å². The number of benzene rings is 2. The number of aromatic nitrogens is 1. The van der Waals surface area contributed by atoms with E-state index in [9.17, 15) is 9.65 Å². The molecule has 0 saturated heterocycles. The van der Waals surface area contributed by atoms with E-state index in [0.717, 1.165) is 23.5 Å². The summed E-state index contributed by atoms with van der Waals surface area (Å²) in [7, 11) is 0. The summed E-state index contributed by atoms with van der Waals surface area (Å²) in [6.45, 7) is 4.89. The Hall–Kier alpha value is -3.12. The minimum absolute atomic E-state index is 0.340. The second kappa shape index (κ2) is 7.19. The van der Waals surface area contributed by atoms with E-state index >= 15 is 0 Å². The first-order valence-corrected chi connectivity index (χ1v) is 8.17. The Kier molecular flexibility index (Phi) is 4.81. The molecule has 0 N–H and O–H groups in total. The lowest BCUT2D eigenvalue weighted by atomic mass is 10.0. The Morgan fingerprint density at radius 1 is 1.08 bits per heavy atom. The van der Waals surface area contributed by atoms with Crippen molar-refractivity contribution < 1.29 is 4.39 Å². The van der Waals surface area contributed by atoms with Crippen molar-refractivity contribution in [3.8, 4) is 6.07 Å². The molecular weight excluding hydrogens is 311 g/mol. The fourth-order valence-corrected chi connectivity index (χ4v) is 2.97. The molecule has 3 rings (SSSR count). The predicted octanol–water partition coefficient (Wildman–Crippen LogP) is 5.36. The predicted molar refractivity (Wildman–Crippen MR) is 99.3 cm³/mol. The van der Waals surface area contributed by atoms with Crippen molar-refractivity contribution in [1.29, 1.82) is 5.26 Å². The first-order valence-electron chi connectivity index (χ1n) is 8.17. The van der Waals surface area contributed by atoms with Crippen molar-refractivity contribution >= 4 is 11.6 Å². The van der Waals surface area contributed by atoms with Crippen LogP contribution in [0.4, 0.5) is 4.39 Å². The number of rotatable bonds is 4. The van der Waals surface area contributed by atoms with Gasteiger partial charge in [0.2, 0.25) is 0 Å². The molecule has 25 heavy (non-hydrogen) atoms. The lowest BCUT2D eigenvalue weighted by Crippen LogP contribution is -2.03. The number of nitrogens with zero attached hydrogens (tertiary/aromatic N) is 2. The number of nitriles is 1. The van der Waals surface area contributed by atoms with E-state index in [0.29, 0.717) is 11.1 Å². The standard InChI is InChI=1S/C22H19FN2/c1-16-11-20(12-21(14-24)19-9-6-10-22(23)13-19)17(2)25(16)15-18-7-4-3-5-8-18/h3-13H,15H2,1-2H3/b21-12-. The first kappa shape index (κ1) is 16.7. The van der Waals surface area contributed by atoms with Gasteiger partial charge in [-0.25, -0.2) is 4.39 Å². The Labute approximate surface area is 147 Å². The van der Waals surface area contributed by atoms with Gasteiger partial charge in [-0.3, -0.25) is 0 Å². The molecule has 0 unspecified atom stereocenters. The zero-order valence-corrected chi connectivity index (χ0v) is 14.3. The normalized spacial score (nSPS) is 11.4. The van der Waals surface area contributed by atoms with Crippen LogP contribution < -0.4 is 0 Å². The minimum atomic E-state index is -0.340. The third kappa shape index (κ3) is 3.70. The molecule has 0 aliphatic heterocycles. The van der Waals surface area contributed by atoms with Gasteiger partial charge in [0, 0.05) is 17.9 Å². The van der Waals surface area contributed by atoms with Crippen LogP contribution in [0.3, 0.4) is 0 Å². The van der Waals surface area contributed by atoms with Crippen molar-refractivity contribution in [1.82, 2.24) is 4.57 Å². The highest BCUT2D eigenvalue weighted by Gasteiger charge is 2.10. The number of hydrogen-bond donors (Lipinski definition) is 0. The van der Waals surface area contributed by atoms with Crippen LogP contribution in [0.5, 0.6) is 0 Å². The molecule has 1 heterocycles. The molecule has 0 radical (unpaired) electrons. The smallest absolute Gasteiger partial charge is 0.123 e. The largest absolute Gasteiger partial charge is 0.344 e. The molecule has 3 heteroatoms. The lowest BCUT2D eigenvalue weighted by molar-refractivity contribution is 0.627. The van der Waals surface area contributed by atoms with Crippen LogP contribution in [0.25, 0.3) is 11.6 Å². The monoisotopic (exact) mass is 330 g/mol. The zero-order chi connectivity index (χ0) is 17.8. The first-order chi connectivity index (χ1) is 12.1. The molecule has 0 aliphatic carbocycles. The summed E-state index contributed by atoms with van der Waals surface area (Å²) in [5.41, 5.74) is 5.48. The van der Waals surface area contributed by atoms with Crippen LogP contribution in [-0.4, -0.2) is 4.57 Å². The average molecular weight is 330 g/mol. The molecule has 1 aromatic heterocycles. The van der Waals surface area contributed by atoms with E-state index < -0.39 is 0 Å². The molecule has 0 atom stereocenters. The number of hydrogen-bond acceptors (Lipinski definition) is 1. The molecule has 124 valence electrons. The SMILES string of the molecule is Cc1cc(/C=C(/C#N)c2cccc(F)c2)c(C)n1Cc1ccccc1. The molecule has 2 aromatic carbocycles. The van der Waals surface area contributed by atoms with Crippen LogP contribution in [0.1, 0.15) is 28.1 Å². The van der Waals surface area contributed by atoms with Crippen molar-refractivity contribution in [2.45, 2.75) is 20.4 Å². The third-order valence-corrected chi connectivity index (χ3v) is 4.35. The summed E-state index contributed by atoms with van der Waals surface area (Å²) in [4.78, 5) is 0. The number of halogens is 1. The summed E-state index contributed by atoms with van der Waals surface area (Å²) in [5, 5.41) is 9.49. The number of allylic oxidation sites excluding steroid dienone is 1. The zero-order valence-electron chi connectivity index (χ0n) is 14.3. The van der Waals surface area contributed by atoms with Gasteiger partial charge in [-0.1, -0.05) is 42.5 Å². The molecule has 0 saturated carbocycles. The summed E-state index contributed by atoms with van der Waals surface area (Å²) < 4.78 is 15.7. The van der Waals surface area contributed by atoms with E-state index in [-0.39, 0.29) is 5.82 Å². The highest BCUT2D eigenvalue weighted by atomic mass is 19.1. The molecular formula is C22H19FN2. The van der Waals surface area contributed by atoms with Crippen molar-refractivity contribution in [2.75, 3.05) is 0 Å². The Morgan fingerprint density at radius 2 is 1.84 bits per heavy atom. The van der Waals surface area contributed by atoms with Crippen LogP contribution in [0.2, 0.25) is 0 Å². The minimum Gasteiger partial charge on any atom is -0.344 e. The van der Waals surface area contributed by atoms with Crippen molar-refractivity contribution in [2.24, 2.45) is 0 Å². The second-order valence-electron chi connectivity index (χ2n) is 6.08. The van der Waals surface area contributed by atoms with Gasteiger partial charge in [0.05, 0.1) is 11.6 Å². The summed E-state index contributed by atoms with van der Waals surface area (Å²) in [6, 6.07) is 20.6. The van der Waals surface area contributed by atoms with Gasteiger partial charge in [-0.05, 0) is 54.8 Å². The molecule has 2 nitrogen and oxygen atoms in total. The van der Waals surface area contributed by atoms with Crippen LogP contribution in [-0.2, 0) is 6.54 Å². The van der Waals surface area contributed by atoms with Crippen LogP contribution in [0.15, 0.2) is 60.7 Å². The Morgan fingerprint density at radius 3 is 2.52 bits per heavy atom. The topological polar surface area (TPSA) is 28.7 Å². The lowest BCUT2D eigenvalue weighted by Gasteiger charge is -2.09. The summed E-state index contributed by atoms with van der Waals surface area (Å²) >= 11 is 0. The molecule has 0 amide bonds. The van der Waals surface area contributed by atoms with Gasteiger partial charge in [-0.2, -0.15) is 5.26 Å². The van der Waals surface area contributed by atoms with E-state index in [1.54, 1.807) is 12.1 Å². The quantitative estimate of drug-likeness (QED) is 0.592. The Balaban J connectivity index is 1.98. The fraction of sp³-hybridized carbons (Fsp3) is 0.136. The summed E-state index contributed by atoms with van der Waals surface area (Å²) in [5.74, 6) is -0.340. The maximum atomic E-state index is 13.5. The second-order valence-corrected chi connectivity index (χ2v) is 6.08. The maximum Gasteiger partial charge on any atom is 0.123 e. The molecule has 0 fully saturated rings. The molecule has 3 aromatic rings. The molecule has 0 aliphatic rings.